The van der Waals surface area contributed by atoms with Gasteiger partial charge in [0.05, 0.1) is 10.6 Å². The van der Waals surface area contributed by atoms with Gasteiger partial charge in [0.25, 0.3) is 5.91 Å². The predicted octanol–water partition coefficient (Wildman–Crippen LogP) is 7.27. The van der Waals surface area contributed by atoms with Crippen LogP contribution in [0.2, 0.25) is 5.02 Å². The fourth-order valence-corrected chi connectivity index (χ4v) is 6.87. The molecular weight excluding hydrogens is 530 g/mol. The fraction of sp³-hybridized carbons (Fsp3) is 0.323. The van der Waals surface area contributed by atoms with Gasteiger partial charge in [0.1, 0.15) is 4.88 Å². The van der Waals surface area contributed by atoms with Crippen molar-refractivity contribution in [3.05, 3.63) is 88.0 Å². The van der Waals surface area contributed by atoms with Gasteiger partial charge in [0.15, 0.2) is 0 Å². The summed E-state index contributed by atoms with van der Waals surface area (Å²) in [5.74, 6) is -1.10. The smallest absolute Gasteiger partial charge is 0.335 e. The molecule has 8 heteroatoms. The third kappa shape index (κ3) is 6.16. The molecule has 0 radical (unpaired) electrons. The number of nitrogens with one attached hydrogen (secondary N) is 1. The highest BCUT2D eigenvalue weighted by Gasteiger charge is 2.32. The zero-order valence-electron chi connectivity index (χ0n) is 21.9. The summed E-state index contributed by atoms with van der Waals surface area (Å²) in [4.78, 5) is 32.2. The second-order valence-electron chi connectivity index (χ2n) is 10.1. The molecule has 2 N–H and O–H groups in total. The van der Waals surface area contributed by atoms with Crippen LogP contribution in [0.25, 0.3) is 21.2 Å². The van der Waals surface area contributed by atoms with Gasteiger partial charge in [-0.15, -0.1) is 11.3 Å². The first-order valence-electron chi connectivity index (χ1n) is 13.4. The van der Waals surface area contributed by atoms with E-state index in [1.165, 1.54) is 17.4 Å². The van der Waals surface area contributed by atoms with Crippen molar-refractivity contribution < 1.29 is 14.7 Å². The molecule has 39 heavy (non-hydrogen) atoms. The fourth-order valence-electron chi connectivity index (χ4n) is 5.36. The first-order chi connectivity index (χ1) is 18.9. The standard InChI is InChI=1S/C31H32ClN3O3S/c1-2-14-34-24-7-9-25(10-8-24)35(19-20-4-3-5-22(17-20)21-12-15-33-16-13-21)30(36)29-28(32)26-11-6-23(31(37)38)18-27(26)39-29/h3-6,11-13,15-18,24-25,34H,2,7-10,14,19H2,1H3,(H,37,38). The number of rotatable bonds is 9. The Morgan fingerprint density at radius 2 is 1.82 bits per heavy atom. The minimum absolute atomic E-state index is 0.0950. The lowest BCUT2D eigenvalue weighted by atomic mass is 9.89. The molecule has 6 nitrogen and oxygen atoms in total. The Morgan fingerprint density at radius 1 is 1.05 bits per heavy atom. The maximum atomic E-state index is 14.2. The third-order valence-corrected chi connectivity index (χ3v) is 9.09. The molecule has 0 bridgehead atoms. The van der Waals surface area contributed by atoms with Gasteiger partial charge in [0.2, 0.25) is 0 Å². The van der Waals surface area contributed by atoms with Crippen LogP contribution in [-0.2, 0) is 6.54 Å². The van der Waals surface area contributed by atoms with Crippen molar-refractivity contribution in [2.75, 3.05) is 6.54 Å². The molecule has 1 aliphatic rings. The first-order valence-corrected chi connectivity index (χ1v) is 14.6. The molecule has 2 aromatic heterocycles. The minimum atomic E-state index is -1.00. The number of benzene rings is 2. The van der Waals surface area contributed by atoms with Crippen LogP contribution in [-0.4, -0.2) is 45.5 Å². The number of fused-ring (bicyclic) bond motifs is 1. The van der Waals surface area contributed by atoms with Crippen LogP contribution in [0, 0.1) is 0 Å². The lowest BCUT2D eigenvalue weighted by Crippen LogP contribution is -2.45. The summed E-state index contributed by atoms with van der Waals surface area (Å²) in [5, 5.41) is 14.2. The van der Waals surface area contributed by atoms with Crippen molar-refractivity contribution in [2.24, 2.45) is 0 Å². The van der Waals surface area contributed by atoms with E-state index in [1.807, 2.05) is 23.1 Å². The molecule has 0 unspecified atom stereocenters. The monoisotopic (exact) mass is 561 g/mol. The van der Waals surface area contributed by atoms with Crippen LogP contribution in [0.1, 0.15) is 64.6 Å². The highest BCUT2D eigenvalue weighted by molar-refractivity contribution is 7.21. The van der Waals surface area contributed by atoms with E-state index in [-0.39, 0.29) is 17.5 Å². The summed E-state index contributed by atoms with van der Waals surface area (Å²) >= 11 is 8.03. The van der Waals surface area contributed by atoms with E-state index < -0.39 is 5.97 Å². The molecule has 1 amide bonds. The van der Waals surface area contributed by atoms with E-state index in [0.29, 0.717) is 32.6 Å². The summed E-state index contributed by atoms with van der Waals surface area (Å²) in [6.45, 7) is 3.66. The average molecular weight is 562 g/mol. The van der Waals surface area contributed by atoms with E-state index in [4.69, 9.17) is 11.6 Å². The van der Waals surface area contributed by atoms with Gasteiger partial charge in [-0.2, -0.15) is 0 Å². The van der Waals surface area contributed by atoms with Crippen molar-refractivity contribution in [1.82, 2.24) is 15.2 Å². The molecule has 2 heterocycles. The molecule has 4 aromatic rings. The van der Waals surface area contributed by atoms with E-state index in [2.05, 4.69) is 35.4 Å². The van der Waals surface area contributed by atoms with Crippen LogP contribution in [0.15, 0.2) is 67.0 Å². The van der Waals surface area contributed by atoms with Gasteiger partial charge < -0.3 is 15.3 Å². The molecular formula is C31H32ClN3O3S. The highest BCUT2D eigenvalue weighted by Crippen LogP contribution is 2.38. The SMILES string of the molecule is CCCNC1CCC(N(Cc2cccc(-c3ccncc3)c2)C(=O)c2sc3cc(C(=O)O)ccc3c2Cl)CC1. The highest BCUT2D eigenvalue weighted by atomic mass is 35.5. The Bertz CT molecular complexity index is 1460. The number of carbonyl (C=O) groups is 2. The van der Waals surface area contributed by atoms with E-state index in [9.17, 15) is 14.7 Å². The van der Waals surface area contributed by atoms with Crippen LogP contribution < -0.4 is 5.32 Å². The number of hydrogen-bond donors (Lipinski definition) is 2. The molecule has 0 aliphatic heterocycles. The number of aromatic nitrogens is 1. The van der Waals surface area contributed by atoms with Gasteiger partial charge in [-0.25, -0.2) is 4.79 Å². The number of carboxylic acids is 1. The van der Waals surface area contributed by atoms with Crippen LogP contribution in [0.5, 0.6) is 0 Å². The molecule has 202 valence electrons. The quantitative estimate of drug-likeness (QED) is 0.224. The number of halogens is 1. The number of pyridine rings is 1. The summed E-state index contributed by atoms with van der Waals surface area (Å²) in [6, 6.07) is 17.7. The van der Waals surface area contributed by atoms with Gasteiger partial charge in [-0.1, -0.05) is 42.8 Å². The Labute approximate surface area is 237 Å². The normalized spacial score (nSPS) is 17.3. The van der Waals surface area contributed by atoms with Crippen LogP contribution >= 0.6 is 22.9 Å². The topological polar surface area (TPSA) is 82.5 Å². The average Bonchev–Trinajstić information content (AvgIpc) is 3.31. The minimum Gasteiger partial charge on any atom is -0.478 e. The number of carbonyl (C=O) groups excluding carboxylic acids is 1. The van der Waals surface area contributed by atoms with Gasteiger partial charge in [0, 0.05) is 41.1 Å². The number of thiophene rings is 1. The van der Waals surface area contributed by atoms with Crippen molar-refractivity contribution in [2.45, 2.75) is 57.7 Å². The van der Waals surface area contributed by atoms with Crippen molar-refractivity contribution >= 4 is 44.9 Å². The first kappa shape index (κ1) is 27.3. The number of nitrogens with zero attached hydrogens (tertiary/aromatic N) is 2. The Morgan fingerprint density at radius 3 is 2.54 bits per heavy atom. The predicted molar refractivity (Wildman–Crippen MR) is 158 cm³/mol. The third-order valence-electron chi connectivity index (χ3n) is 7.45. The van der Waals surface area contributed by atoms with Crippen molar-refractivity contribution in [3.63, 3.8) is 0 Å². The second kappa shape index (κ2) is 12.3. The van der Waals surface area contributed by atoms with Crippen LogP contribution in [0.3, 0.4) is 0 Å². The molecule has 0 saturated heterocycles. The Balaban J connectivity index is 1.46. The maximum absolute atomic E-state index is 14.2. The number of hydrogen-bond acceptors (Lipinski definition) is 5. The molecule has 0 spiro atoms. The van der Waals surface area contributed by atoms with Crippen LogP contribution in [0.4, 0.5) is 0 Å². The summed E-state index contributed by atoms with van der Waals surface area (Å²) in [5.41, 5.74) is 3.39. The molecule has 1 fully saturated rings. The molecule has 1 aliphatic carbocycles. The molecule has 2 aromatic carbocycles. The lowest BCUT2D eigenvalue weighted by molar-refractivity contribution is 0.0604. The summed E-state index contributed by atoms with van der Waals surface area (Å²) < 4.78 is 0.704. The molecule has 0 atom stereocenters. The largest absolute Gasteiger partial charge is 0.478 e. The summed E-state index contributed by atoms with van der Waals surface area (Å²) in [7, 11) is 0. The number of carboxylic acid groups (broad SMARTS) is 1. The summed E-state index contributed by atoms with van der Waals surface area (Å²) in [6.07, 6.45) is 8.55. The van der Waals surface area contributed by atoms with E-state index >= 15 is 0 Å². The number of amides is 1. The lowest BCUT2D eigenvalue weighted by Gasteiger charge is -2.37. The zero-order chi connectivity index (χ0) is 27.4. The molecule has 5 rings (SSSR count). The Kier molecular flexibility index (Phi) is 8.60. The zero-order valence-corrected chi connectivity index (χ0v) is 23.5. The Hall–Kier alpha value is -3.26. The second-order valence-corrected chi connectivity index (χ2v) is 11.5. The van der Waals surface area contributed by atoms with Gasteiger partial charge in [-0.05, 0) is 85.7 Å². The van der Waals surface area contributed by atoms with Gasteiger partial charge in [-0.3, -0.25) is 9.78 Å². The van der Waals surface area contributed by atoms with Gasteiger partial charge >= 0.3 is 5.97 Å². The van der Waals surface area contributed by atoms with E-state index in [0.717, 1.165) is 55.3 Å². The van der Waals surface area contributed by atoms with E-state index in [1.54, 1.807) is 24.5 Å². The maximum Gasteiger partial charge on any atom is 0.335 e. The van der Waals surface area contributed by atoms with Crippen molar-refractivity contribution in [1.29, 1.82) is 0 Å². The van der Waals surface area contributed by atoms with Crippen molar-refractivity contribution in [3.8, 4) is 11.1 Å². The number of aromatic carboxylic acids is 1. The molecule has 1 saturated carbocycles.